The molecule has 2 saturated carbocycles. The summed E-state index contributed by atoms with van der Waals surface area (Å²) in [4.78, 5) is 26.3. The molecule has 2 amide bonds. The Morgan fingerprint density at radius 3 is 2.79 bits per heavy atom. The minimum Gasteiger partial charge on any atom is -0.353 e. The molecule has 3 aliphatic rings. The van der Waals surface area contributed by atoms with Gasteiger partial charge < -0.3 is 10.2 Å². The summed E-state index contributed by atoms with van der Waals surface area (Å²) >= 11 is 0. The van der Waals surface area contributed by atoms with Gasteiger partial charge in [-0.3, -0.25) is 9.59 Å². The minimum absolute atomic E-state index is 0.00284. The van der Waals surface area contributed by atoms with Crippen molar-refractivity contribution in [1.82, 2.24) is 10.2 Å². The van der Waals surface area contributed by atoms with E-state index in [1.165, 1.54) is 25.3 Å². The maximum Gasteiger partial charge on any atom is 0.225 e. The molecule has 1 saturated heterocycles. The molecule has 0 spiro atoms. The second kappa shape index (κ2) is 6.19. The Morgan fingerprint density at radius 2 is 2.08 bits per heavy atom. The molecule has 1 heterocycles. The largest absolute Gasteiger partial charge is 0.353 e. The number of hydrogen-bond acceptors (Lipinski definition) is 2. The van der Waals surface area contributed by atoms with Crippen molar-refractivity contribution < 1.29 is 14.0 Å². The number of carbonyl (C=O) groups is 2. The van der Waals surface area contributed by atoms with Crippen molar-refractivity contribution in [3.8, 4) is 0 Å². The number of nitrogens with one attached hydrogen (secondary N) is 1. The second-order valence-corrected chi connectivity index (χ2v) is 7.56. The highest BCUT2D eigenvalue weighted by atomic mass is 19.1. The van der Waals surface area contributed by atoms with Crippen LogP contribution < -0.4 is 5.32 Å². The van der Waals surface area contributed by atoms with Gasteiger partial charge in [0.2, 0.25) is 11.8 Å². The van der Waals surface area contributed by atoms with Crippen LogP contribution in [0.2, 0.25) is 0 Å². The standard InChI is InChI=1S/C19H23FN2O2/c20-16-4-2-1-3-14(16)10-22-11-15(9-18(22)23)19(24)21-17-8-12-5-6-13(17)7-12/h1-4,12-13,15,17H,5-11H2,(H,21,24)/t12-,13-,15-,17+/m0/s1. The van der Waals surface area contributed by atoms with Crippen LogP contribution in [0.3, 0.4) is 0 Å². The molecule has 1 aliphatic heterocycles. The lowest BCUT2D eigenvalue weighted by molar-refractivity contribution is -0.129. The Bertz CT molecular complexity index is 663. The van der Waals surface area contributed by atoms with Crippen LogP contribution in [0.1, 0.15) is 37.7 Å². The molecule has 0 radical (unpaired) electrons. The van der Waals surface area contributed by atoms with E-state index in [0.29, 0.717) is 24.1 Å². The molecule has 4 rings (SSSR count). The molecule has 4 atom stereocenters. The van der Waals surface area contributed by atoms with Gasteiger partial charge in [-0.15, -0.1) is 0 Å². The Labute approximate surface area is 141 Å². The lowest BCUT2D eigenvalue weighted by atomic mass is 9.94. The van der Waals surface area contributed by atoms with Crippen LogP contribution in [0.15, 0.2) is 24.3 Å². The molecule has 0 aromatic heterocycles. The first kappa shape index (κ1) is 15.6. The van der Waals surface area contributed by atoms with Crippen LogP contribution in [-0.4, -0.2) is 29.3 Å². The predicted molar refractivity (Wildman–Crippen MR) is 87.3 cm³/mol. The van der Waals surface area contributed by atoms with Crippen LogP contribution in [0.25, 0.3) is 0 Å². The van der Waals surface area contributed by atoms with E-state index in [4.69, 9.17) is 0 Å². The van der Waals surface area contributed by atoms with Gasteiger partial charge in [0.15, 0.2) is 0 Å². The van der Waals surface area contributed by atoms with Gasteiger partial charge in [0.05, 0.1) is 5.92 Å². The third kappa shape index (κ3) is 2.92. The molecule has 0 unspecified atom stereocenters. The van der Waals surface area contributed by atoms with Gasteiger partial charge >= 0.3 is 0 Å². The monoisotopic (exact) mass is 330 g/mol. The molecule has 2 bridgehead atoms. The number of amides is 2. The number of fused-ring (bicyclic) bond motifs is 2. The summed E-state index contributed by atoms with van der Waals surface area (Å²) in [6.07, 6.45) is 5.10. The zero-order valence-corrected chi connectivity index (χ0v) is 13.7. The van der Waals surface area contributed by atoms with Crippen LogP contribution >= 0.6 is 0 Å². The van der Waals surface area contributed by atoms with E-state index in [0.717, 1.165) is 12.3 Å². The van der Waals surface area contributed by atoms with Gasteiger partial charge in [-0.05, 0) is 37.2 Å². The van der Waals surface area contributed by atoms with Crippen LogP contribution in [-0.2, 0) is 16.1 Å². The topological polar surface area (TPSA) is 49.4 Å². The summed E-state index contributed by atoms with van der Waals surface area (Å²) in [7, 11) is 0. The summed E-state index contributed by atoms with van der Waals surface area (Å²) < 4.78 is 13.8. The van der Waals surface area contributed by atoms with E-state index in [2.05, 4.69) is 5.32 Å². The van der Waals surface area contributed by atoms with Crippen molar-refractivity contribution in [2.75, 3.05) is 6.54 Å². The molecule has 1 aromatic carbocycles. The van der Waals surface area contributed by atoms with Gasteiger partial charge in [-0.1, -0.05) is 24.6 Å². The third-order valence-electron chi connectivity index (χ3n) is 5.97. The molecular formula is C19H23FN2O2. The summed E-state index contributed by atoms with van der Waals surface area (Å²) in [5.74, 6) is 0.737. The van der Waals surface area contributed by atoms with Crippen molar-refractivity contribution in [3.63, 3.8) is 0 Å². The second-order valence-electron chi connectivity index (χ2n) is 7.56. The summed E-state index contributed by atoms with van der Waals surface area (Å²) in [6.45, 7) is 0.628. The average Bonchev–Trinajstić information content (AvgIpc) is 3.26. The highest BCUT2D eigenvalue weighted by Gasteiger charge is 2.42. The first-order chi connectivity index (χ1) is 11.6. The number of carbonyl (C=O) groups excluding carboxylic acids is 2. The number of benzene rings is 1. The van der Waals surface area contributed by atoms with Crippen molar-refractivity contribution in [3.05, 3.63) is 35.6 Å². The van der Waals surface area contributed by atoms with E-state index in [9.17, 15) is 14.0 Å². The van der Waals surface area contributed by atoms with Gasteiger partial charge in [-0.25, -0.2) is 4.39 Å². The quantitative estimate of drug-likeness (QED) is 0.922. The lowest BCUT2D eigenvalue weighted by Crippen LogP contribution is -2.42. The molecule has 5 heteroatoms. The molecule has 3 fully saturated rings. The molecule has 1 N–H and O–H groups in total. The number of halogens is 1. The zero-order chi connectivity index (χ0) is 16.7. The fourth-order valence-electron chi connectivity index (χ4n) is 4.65. The number of rotatable bonds is 4. The fourth-order valence-corrected chi connectivity index (χ4v) is 4.65. The predicted octanol–water partition coefficient (Wildman–Crippen LogP) is 2.48. The summed E-state index contributed by atoms with van der Waals surface area (Å²) in [5.41, 5.74) is 0.500. The van der Waals surface area contributed by atoms with Gasteiger partial charge in [0.25, 0.3) is 0 Å². The van der Waals surface area contributed by atoms with Crippen molar-refractivity contribution >= 4 is 11.8 Å². The van der Waals surface area contributed by atoms with E-state index in [1.807, 2.05) is 0 Å². The van der Waals surface area contributed by atoms with Crippen molar-refractivity contribution in [2.24, 2.45) is 17.8 Å². The van der Waals surface area contributed by atoms with E-state index >= 15 is 0 Å². The fraction of sp³-hybridized carbons (Fsp3) is 0.579. The van der Waals surface area contributed by atoms with E-state index in [-0.39, 0.29) is 36.5 Å². The Morgan fingerprint density at radius 1 is 1.25 bits per heavy atom. The maximum atomic E-state index is 13.8. The summed E-state index contributed by atoms with van der Waals surface area (Å²) in [6, 6.07) is 6.78. The van der Waals surface area contributed by atoms with Gasteiger partial charge in [0, 0.05) is 31.1 Å². The number of nitrogens with zero attached hydrogens (tertiary/aromatic N) is 1. The summed E-state index contributed by atoms with van der Waals surface area (Å²) in [5, 5.41) is 3.18. The average molecular weight is 330 g/mol. The molecular weight excluding hydrogens is 307 g/mol. The molecule has 4 nitrogen and oxygen atoms in total. The molecule has 128 valence electrons. The highest BCUT2D eigenvalue weighted by molar-refractivity contribution is 5.89. The molecule has 2 aliphatic carbocycles. The first-order valence-electron chi connectivity index (χ1n) is 8.91. The third-order valence-corrected chi connectivity index (χ3v) is 5.97. The van der Waals surface area contributed by atoms with Crippen LogP contribution in [0.5, 0.6) is 0 Å². The minimum atomic E-state index is -0.305. The van der Waals surface area contributed by atoms with Gasteiger partial charge in [0.1, 0.15) is 5.82 Å². The van der Waals surface area contributed by atoms with Gasteiger partial charge in [-0.2, -0.15) is 0 Å². The lowest BCUT2D eigenvalue weighted by Gasteiger charge is -2.24. The van der Waals surface area contributed by atoms with Crippen molar-refractivity contribution in [1.29, 1.82) is 0 Å². The molecule has 1 aromatic rings. The smallest absolute Gasteiger partial charge is 0.225 e. The SMILES string of the molecule is O=C(N[C@@H]1C[C@H]2CC[C@H]1C2)[C@H]1CC(=O)N(Cc2ccccc2F)C1. The first-order valence-corrected chi connectivity index (χ1v) is 8.91. The Balaban J connectivity index is 1.35. The van der Waals surface area contributed by atoms with Crippen LogP contribution in [0.4, 0.5) is 4.39 Å². The van der Waals surface area contributed by atoms with Crippen molar-refractivity contribution in [2.45, 2.75) is 44.7 Å². The highest BCUT2D eigenvalue weighted by Crippen LogP contribution is 2.44. The van der Waals surface area contributed by atoms with E-state index < -0.39 is 0 Å². The van der Waals surface area contributed by atoms with Crippen LogP contribution in [0, 0.1) is 23.6 Å². The number of hydrogen-bond donors (Lipinski definition) is 1. The Kier molecular flexibility index (Phi) is 4.02. The van der Waals surface area contributed by atoms with E-state index in [1.54, 1.807) is 23.1 Å². The number of likely N-dealkylation sites (tertiary alicyclic amines) is 1. The Hall–Kier alpha value is -1.91. The normalized spacial score (nSPS) is 31.7. The zero-order valence-electron chi connectivity index (χ0n) is 13.7. The molecule has 24 heavy (non-hydrogen) atoms. The maximum absolute atomic E-state index is 13.8.